The van der Waals surface area contributed by atoms with Crippen molar-refractivity contribution in [3.63, 3.8) is 0 Å². The summed E-state index contributed by atoms with van der Waals surface area (Å²) in [7, 11) is 3.35. The number of halogens is 2. The first-order valence-electron chi connectivity index (χ1n) is 8.80. The van der Waals surface area contributed by atoms with Gasteiger partial charge in [0.05, 0.1) is 18.2 Å². The van der Waals surface area contributed by atoms with Gasteiger partial charge in [-0.25, -0.2) is 8.78 Å². The number of ether oxygens (including phenoxy) is 1. The Hall–Kier alpha value is -2.89. The number of benzene rings is 2. The summed E-state index contributed by atoms with van der Waals surface area (Å²) in [4.78, 5) is 12.7. The Labute approximate surface area is 155 Å². The van der Waals surface area contributed by atoms with Gasteiger partial charge < -0.3 is 14.6 Å². The zero-order valence-corrected chi connectivity index (χ0v) is 15.2. The van der Waals surface area contributed by atoms with Gasteiger partial charge in [-0.3, -0.25) is 4.79 Å². The second kappa shape index (κ2) is 6.37. The molecule has 0 radical (unpaired) electrons. The largest absolute Gasteiger partial charge is 0.496 e. The van der Waals surface area contributed by atoms with E-state index in [1.165, 1.54) is 25.3 Å². The van der Waals surface area contributed by atoms with Crippen molar-refractivity contribution in [3.05, 3.63) is 65.4 Å². The number of carbonyl (C=O) groups excluding carboxylic acids is 1. The fourth-order valence-corrected chi connectivity index (χ4v) is 3.52. The highest BCUT2D eigenvalue weighted by Gasteiger charge is 2.45. The molecule has 1 saturated carbocycles. The van der Waals surface area contributed by atoms with Crippen LogP contribution < -0.4 is 10.1 Å². The number of nitrogens with zero attached hydrogens (tertiary/aromatic N) is 1. The Kier molecular flexibility index (Phi) is 4.13. The second-order valence-corrected chi connectivity index (χ2v) is 7.18. The smallest absolute Gasteiger partial charge is 0.254 e. The number of aromatic nitrogens is 1. The highest BCUT2D eigenvalue weighted by atomic mass is 19.1. The Morgan fingerprint density at radius 2 is 2.00 bits per heavy atom. The molecule has 4 nitrogen and oxygen atoms in total. The summed E-state index contributed by atoms with van der Waals surface area (Å²) in [6, 6.07) is 9.12. The van der Waals surface area contributed by atoms with Gasteiger partial charge in [0.1, 0.15) is 17.4 Å². The zero-order chi connectivity index (χ0) is 19.2. The number of fused-ring (bicyclic) bond motifs is 1. The monoisotopic (exact) mass is 370 g/mol. The molecule has 1 aliphatic rings. The molecule has 6 heteroatoms. The van der Waals surface area contributed by atoms with E-state index in [1.54, 1.807) is 16.7 Å². The fraction of sp³-hybridized carbons (Fsp3) is 0.286. The number of methoxy groups -OCH3 is 1. The van der Waals surface area contributed by atoms with Gasteiger partial charge in [0.15, 0.2) is 0 Å². The van der Waals surface area contributed by atoms with Crippen LogP contribution in [0.4, 0.5) is 8.78 Å². The summed E-state index contributed by atoms with van der Waals surface area (Å²) in [5.41, 5.74) is 0.950. The van der Waals surface area contributed by atoms with Crippen LogP contribution in [0.2, 0.25) is 0 Å². The van der Waals surface area contributed by atoms with Gasteiger partial charge >= 0.3 is 0 Å². The van der Waals surface area contributed by atoms with Crippen molar-refractivity contribution < 1.29 is 18.3 Å². The topological polar surface area (TPSA) is 43.3 Å². The average Bonchev–Trinajstić information content (AvgIpc) is 3.29. The molecule has 0 saturated heterocycles. The molecule has 1 aliphatic carbocycles. The third kappa shape index (κ3) is 3.27. The molecule has 0 unspecified atom stereocenters. The Morgan fingerprint density at radius 1 is 1.22 bits per heavy atom. The van der Waals surface area contributed by atoms with Crippen molar-refractivity contribution in [1.29, 1.82) is 0 Å². The number of carbonyl (C=O) groups is 1. The van der Waals surface area contributed by atoms with E-state index in [2.05, 4.69) is 5.32 Å². The molecule has 140 valence electrons. The lowest BCUT2D eigenvalue weighted by Gasteiger charge is -2.19. The maximum atomic E-state index is 14.5. The molecule has 1 N–H and O–H groups in total. The maximum Gasteiger partial charge on any atom is 0.254 e. The molecule has 2 aromatic carbocycles. The van der Waals surface area contributed by atoms with Gasteiger partial charge in [-0.15, -0.1) is 0 Å². The van der Waals surface area contributed by atoms with E-state index in [9.17, 15) is 13.6 Å². The molecule has 0 bridgehead atoms. The molecule has 27 heavy (non-hydrogen) atoms. The van der Waals surface area contributed by atoms with Crippen molar-refractivity contribution in [2.45, 2.75) is 24.8 Å². The van der Waals surface area contributed by atoms with Crippen molar-refractivity contribution in [1.82, 2.24) is 9.88 Å². The molecule has 3 aromatic rings. The number of nitrogens with one attached hydrogen (secondary N) is 1. The molecule has 4 rings (SSSR count). The lowest BCUT2D eigenvalue weighted by Crippen LogP contribution is -2.39. The third-order valence-electron chi connectivity index (χ3n) is 5.22. The van der Waals surface area contributed by atoms with Crippen LogP contribution in [-0.4, -0.2) is 23.1 Å². The quantitative estimate of drug-likeness (QED) is 0.739. The summed E-state index contributed by atoms with van der Waals surface area (Å²) in [6.45, 7) is 0. The van der Waals surface area contributed by atoms with Gasteiger partial charge in [0.25, 0.3) is 5.91 Å². The van der Waals surface area contributed by atoms with E-state index in [0.29, 0.717) is 17.7 Å². The minimum absolute atomic E-state index is 0.0196. The van der Waals surface area contributed by atoms with Crippen LogP contribution in [0, 0.1) is 11.6 Å². The summed E-state index contributed by atoms with van der Waals surface area (Å²) in [5.74, 6) is -0.783. The van der Waals surface area contributed by atoms with E-state index in [4.69, 9.17) is 4.74 Å². The van der Waals surface area contributed by atoms with Crippen molar-refractivity contribution in [2.24, 2.45) is 7.05 Å². The van der Waals surface area contributed by atoms with E-state index in [1.807, 2.05) is 19.3 Å². The number of rotatable bonds is 5. The van der Waals surface area contributed by atoms with E-state index >= 15 is 0 Å². The van der Waals surface area contributed by atoms with E-state index < -0.39 is 17.3 Å². The molecule has 1 heterocycles. The lowest BCUT2D eigenvalue weighted by atomic mass is 10.0. The first-order valence-corrected chi connectivity index (χ1v) is 8.80. The summed E-state index contributed by atoms with van der Waals surface area (Å²) in [6.07, 6.45) is 3.78. The molecule has 1 amide bonds. The van der Waals surface area contributed by atoms with Crippen LogP contribution in [0.15, 0.2) is 42.6 Å². The van der Waals surface area contributed by atoms with Gasteiger partial charge in [-0.05, 0) is 61.2 Å². The Balaban J connectivity index is 1.58. The maximum absolute atomic E-state index is 14.5. The van der Waals surface area contributed by atoms with Crippen LogP contribution in [0.3, 0.4) is 0 Å². The minimum Gasteiger partial charge on any atom is -0.496 e. The van der Waals surface area contributed by atoms with Crippen LogP contribution in [0.5, 0.6) is 5.75 Å². The van der Waals surface area contributed by atoms with E-state index in [0.717, 1.165) is 23.7 Å². The standard InChI is InChI=1S/C21H20F2N2O2/c1-25-8-5-13-10-16(17(23)11-18(13)25)20(26)24-21(6-7-21)12-14-9-15(22)3-4-19(14)27-2/h3-5,8-11H,6-7,12H2,1-2H3,(H,24,26). The third-order valence-corrected chi connectivity index (χ3v) is 5.22. The normalized spacial score (nSPS) is 15.0. The first-order chi connectivity index (χ1) is 12.9. The first kappa shape index (κ1) is 17.5. The van der Waals surface area contributed by atoms with Gasteiger partial charge in [0, 0.05) is 24.2 Å². The second-order valence-electron chi connectivity index (χ2n) is 7.18. The SMILES string of the molecule is COc1ccc(F)cc1CC1(NC(=O)c2cc3ccn(C)c3cc2F)CC1. The number of aryl methyl sites for hydroxylation is 1. The molecule has 0 spiro atoms. The molecule has 1 fully saturated rings. The summed E-state index contributed by atoms with van der Waals surface area (Å²) >= 11 is 0. The van der Waals surface area contributed by atoms with Gasteiger partial charge in [-0.2, -0.15) is 0 Å². The predicted molar refractivity (Wildman–Crippen MR) is 99.0 cm³/mol. The fourth-order valence-electron chi connectivity index (χ4n) is 3.52. The number of hydrogen-bond donors (Lipinski definition) is 1. The molecular formula is C21H20F2N2O2. The van der Waals surface area contributed by atoms with E-state index in [-0.39, 0.29) is 11.4 Å². The highest BCUT2D eigenvalue weighted by Crippen LogP contribution is 2.41. The van der Waals surface area contributed by atoms with Crippen LogP contribution in [-0.2, 0) is 13.5 Å². The van der Waals surface area contributed by atoms with Crippen LogP contribution >= 0.6 is 0 Å². The zero-order valence-electron chi connectivity index (χ0n) is 15.2. The van der Waals surface area contributed by atoms with Crippen molar-refractivity contribution in [2.75, 3.05) is 7.11 Å². The number of amides is 1. The highest BCUT2D eigenvalue weighted by molar-refractivity contribution is 5.99. The molecule has 0 aliphatic heterocycles. The van der Waals surface area contributed by atoms with Crippen molar-refractivity contribution >= 4 is 16.8 Å². The van der Waals surface area contributed by atoms with Crippen LogP contribution in [0.1, 0.15) is 28.8 Å². The van der Waals surface area contributed by atoms with Gasteiger partial charge in [0.2, 0.25) is 0 Å². The molecule has 0 atom stereocenters. The Morgan fingerprint density at radius 3 is 2.70 bits per heavy atom. The summed E-state index contributed by atoms with van der Waals surface area (Å²) in [5, 5.41) is 3.76. The van der Waals surface area contributed by atoms with Crippen LogP contribution in [0.25, 0.3) is 10.9 Å². The predicted octanol–water partition coefficient (Wildman–Crippen LogP) is 3.97. The number of hydrogen-bond acceptors (Lipinski definition) is 2. The molecule has 1 aromatic heterocycles. The van der Waals surface area contributed by atoms with Crippen molar-refractivity contribution in [3.8, 4) is 5.75 Å². The Bertz CT molecular complexity index is 1040. The average molecular weight is 370 g/mol. The van der Waals surface area contributed by atoms with Gasteiger partial charge in [-0.1, -0.05) is 0 Å². The summed E-state index contributed by atoms with van der Waals surface area (Å²) < 4.78 is 35.2. The minimum atomic E-state index is -0.555. The lowest BCUT2D eigenvalue weighted by molar-refractivity contribution is 0.0927. The molecular weight excluding hydrogens is 350 g/mol.